The number of ketones is 2. The van der Waals surface area contributed by atoms with Crippen LogP contribution < -0.4 is 0 Å². The maximum Gasteiger partial charge on any atom is 0.303 e. The molecule has 0 fully saturated rings. The summed E-state index contributed by atoms with van der Waals surface area (Å²) in [6, 6.07) is 0. The van der Waals surface area contributed by atoms with E-state index in [1.165, 1.54) is 45.2 Å². The smallest absolute Gasteiger partial charge is 0.303 e. The van der Waals surface area contributed by atoms with Crippen LogP contribution in [0, 0.1) is 23.7 Å². The molecule has 0 bridgehead atoms. The van der Waals surface area contributed by atoms with Gasteiger partial charge in [0.15, 0.2) is 11.5 Å². The van der Waals surface area contributed by atoms with Crippen LogP contribution >= 0.6 is 0 Å². The molecule has 0 spiro atoms. The zero-order valence-electron chi connectivity index (χ0n) is 32.1. The zero-order valence-corrected chi connectivity index (χ0v) is 32.1. The van der Waals surface area contributed by atoms with Crippen LogP contribution in [0.25, 0.3) is 0 Å². The van der Waals surface area contributed by atoms with Crippen molar-refractivity contribution in [3.05, 3.63) is 69.6 Å². The zero-order chi connectivity index (χ0) is 38.1. The predicted octanol–water partition coefficient (Wildman–Crippen LogP) is 7.38. The molecule has 50 heavy (non-hydrogen) atoms. The lowest BCUT2D eigenvalue weighted by Gasteiger charge is -2.33. The summed E-state index contributed by atoms with van der Waals surface area (Å²) in [5.41, 5.74) is 5.00. The molecule has 0 aromatic heterocycles. The number of hydrogen-bond acceptors (Lipinski definition) is 9. The molecule has 282 valence electrons. The Morgan fingerprint density at radius 1 is 0.600 bits per heavy atom. The lowest BCUT2D eigenvalue weighted by atomic mass is 9.77. The lowest BCUT2D eigenvalue weighted by molar-refractivity contribution is -0.137. The van der Waals surface area contributed by atoms with Gasteiger partial charge in [-0.25, -0.2) is 0 Å². The molecule has 0 amide bonds. The van der Waals surface area contributed by atoms with E-state index in [2.05, 4.69) is 45.9 Å². The van der Waals surface area contributed by atoms with E-state index in [-0.39, 0.29) is 58.8 Å². The van der Waals surface area contributed by atoms with E-state index in [0.29, 0.717) is 19.3 Å². The fourth-order valence-electron chi connectivity index (χ4n) is 6.16. The van der Waals surface area contributed by atoms with E-state index >= 15 is 0 Å². The number of allylic oxidation sites excluding steroid dienone is 10. The number of aliphatic hydroxyl groups excluding tert-OH is 2. The minimum Gasteiger partial charge on any atom is -0.494 e. The first-order chi connectivity index (χ1) is 23.5. The topological polar surface area (TPSA) is 149 Å². The molecule has 0 radical (unpaired) electrons. The molecule has 0 saturated heterocycles. The summed E-state index contributed by atoms with van der Waals surface area (Å²) in [5, 5.41) is 29.7. The average Bonchev–Trinajstić information content (AvgIpc) is 3.06. The summed E-state index contributed by atoms with van der Waals surface area (Å²) < 4.78 is 20.6. The SMILES string of the molecule is COC1=C(OC)C(O)C(C/C=C(\C)CC/C=C(\C)CCC=C(C)C)C(C)C1=O.COC1=C(OC)C(O)C(C/C=C(\C)CCC(=O)O)C(C)C1=O. The number of rotatable bonds is 17. The standard InChI is InChI=1S/C24H38O4.C16H24O6/c1-16(2)10-8-11-17(3)12-9-13-18(4)14-15-20-19(5)21(25)23(27-6)24(28-7)22(20)26;1-9(6-8-12(17)18)5-7-11-10(2)13(19)15(21-3)16(22-4)14(11)20/h10,12,14,19-20,22,26H,8-9,11,13,15H2,1-7H3;5,10-11,14,20H,6-8H2,1-4H3,(H,17,18)/b17-12+,18-14+;9-5+. The third-order valence-corrected chi connectivity index (χ3v) is 9.54. The van der Waals surface area contributed by atoms with Gasteiger partial charge in [0.1, 0.15) is 12.2 Å². The number of carboxylic acid groups (broad SMARTS) is 1. The molecule has 0 saturated carbocycles. The summed E-state index contributed by atoms with van der Waals surface area (Å²) in [7, 11) is 5.67. The maximum atomic E-state index is 12.5. The number of carbonyl (C=O) groups is 3. The van der Waals surface area contributed by atoms with Crippen molar-refractivity contribution in [2.24, 2.45) is 23.7 Å². The fraction of sp³-hybridized carbons (Fsp3) is 0.625. The fourth-order valence-corrected chi connectivity index (χ4v) is 6.16. The average molecular weight is 703 g/mol. The van der Waals surface area contributed by atoms with E-state index < -0.39 is 24.1 Å². The van der Waals surface area contributed by atoms with E-state index in [4.69, 9.17) is 24.1 Å². The molecular formula is C40H62O10. The Balaban J connectivity index is 0.000000515. The van der Waals surface area contributed by atoms with Gasteiger partial charge in [-0.15, -0.1) is 0 Å². The first kappa shape index (κ1) is 44.4. The second-order valence-electron chi connectivity index (χ2n) is 13.6. The number of carboxylic acids is 1. The Kier molecular flexibility index (Phi) is 19.7. The summed E-state index contributed by atoms with van der Waals surface area (Å²) in [5.74, 6) is -1.72. The largest absolute Gasteiger partial charge is 0.494 e. The predicted molar refractivity (Wildman–Crippen MR) is 195 cm³/mol. The third-order valence-electron chi connectivity index (χ3n) is 9.54. The Labute approximate surface area is 299 Å². The van der Waals surface area contributed by atoms with E-state index in [9.17, 15) is 24.6 Å². The highest BCUT2D eigenvalue weighted by Crippen LogP contribution is 2.36. The van der Waals surface area contributed by atoms with Crippen molar-refractivity contribution in [1.29, 1.82) is 0 Å². The summed E-state index contributed by atoms with van der Waals surface area (Å²) >= 11 is 0. The number of ether oxygens (including phenoxy) is 4. The van der Waals surface area contributed by atoms with Crippen LogP contribution in [-0.4, -0.2) is 73.5 Å². The minimum atomic E-state index is -0.920. The van der Waals surface area contributed by atoms with Crippen molar-refractivity contribution in [3.63, 3.8) is 0 Å². The Morgan fingerprint density at radius 2 is 0.980 bits per heavy atom. The first-order valence-corrected chi connectivity index (χ1v) is 17.5. The van der Waals surface area contributed by atoms with Crippen molar-refractivity contribution in [3.8, 4) is 0 Å². The van der Waals surface area contributed by atoms with Crippen LogP contribution in [0.2, 0.25) is 0 Å². The molecule has 3 N–H and O–H groups in total. The van der Waals surface area contributed by atoms with Crippen molar-refractivity contribution >= 4 is 17.5 Å². The van der Waals surface area contributed by atoms with Gasteiger partial charge in [-0.2, -0.15) is 0 Å². The number of hydrogen-bond donors (Lipinski definition) is 3. The highest BCUT2D eigenvalue weighted by Gasteiger charge is 2.43. The van der Waals surface area contributed by atoms with E-state index in [1.54, 1.807) is 6.92 Å². The van der Waals surface area contributed by atoms with Gasteiger partial charge < -0.3 is 34.3 Å². The van der Waals surface area contributed by atoms with Crippen LogP contribution in [0.3, 0.4) is 0 Å². The van der Waals surface area contributed by atoms with E-state index in [0.717, 1.165) is 31.3 Å². The lowest BCUT2D eigenvalue weighted by Crippen LogP contribution is -2.40. The van der Waals surface area contributed by atoms with Gasteiger partial charge in [0, 0.05) is 30.1 Å². The van der Waals surface area contributed by atoms with Gasteiger partial charge in [0.25, 0.3) is 0 Å². The monoisotopic (exact) mass is 702 g/mol. The van der Waals surface area contributed by atoms with E-state index in [1.807, 2.05) is 19.9 Å². The highest BCUT2D eigenvalue weighted by molar-refractivity contribution is 5.97. The van der Waals surface area contributed by atoms with Crippen LogP contribution in [0.4, 0.5) is 0 Å². The maximum absolute atomic E-state index is 12.5. The summed E-state index contributed by atoms with van der Waals surface area (Å²) in [6.07, 6.45) is 12.7. The molecule has 0 aromatic carbocycles. The Hall–Kier alpha value is -3.63. The van der Waals surface area contributed by atoms with Gasteiger partial charge in [-0.3, -0.25) is 14.4 Å². The second-order valence-corrected chi connectivity index (χ2v) is 13.6. The van der Waals surface area contributed by atoms with Crippen molar-refractivity contribution in [2.45, 2.75) is 112 Å². The first-order valence-electron chi connectivity index (χ1n) is 17.5. The summed E-state index contributed by atoms with van der Waals surface area (Å²) in [4.78, 5) is 35.3. The molecule has 10 nitrogen and oxygen atoms in total. The van der Waals surface area contributed by atoms with Gasteiger partial charge >= 0.3 is 5.97 Å². The number of methoxy groups -OCH3 is 4. The van der Waals surface area contributed by atoms with Crippen LogP contribution in [0.1, 0.15) is 99.8 Å². The molecule has 6 unspecified atom stereocenters. The van der Waals surface area contributed by atoms with Crippen molar-refractivity contribution in [2.75, 3.05) is 28.4 Å². The van der Waals surface area contributed by atoms with Gasteiger partial charge in [0.05, 0.1) is 28.4 Å². The number of aliphatic carboxylic acids is 1. The molecule has 6 atom stereocenters. The Bertz CT molecular complexity index is 1340. The van der Waals surface area contributed by atoms with Gasteiger partial charge in [-0.1, -0.05) is 60.4 Å². The Morgan fingerprint density at radius 3 is 1.34 bits per heavy atom. The van der Waals surface area contributed by atoms with Crippen LogP contribution in [-0.2, 0) is 33.3 Å². The second kappa shape index (κ2) is 22.2. The van der Waals surface area contributed by atoms with Gasteiger partial charge in [0.2, 0.25) is 23.1 Å². The number of Topliss-reactive ketones (excluding diaryl/α,β-unsaturated/α-hetero) is 2. The molecule has 2 rings (SSSR count). The third kappa shape index (κ3) is 13.2. The number of aliphatic hydroxyl groups is 2. The van der Waals surface area contributed by atoms with Crippen LogP contribution in [0.15, 0.2) is 69.6 Å². The molecule has 0 aromatic rings. The van der Waals surface area contributed by atoms with Gasteiger partial charge in [-0.05, 0) is 79.6 Å². The number of carbonyl (C=O) groups excluding carboxylic acids is 2. The summed E-state index contributed by atoms with van der Waals surface area (Å²) in [6.45, 7) is 14.0. The molecule has 10 heteroatoms. The van der Waals surface area contributed by atoms with Crippen molar-refractivity contribution < 1.29 is 48.7 Å². The molecular weight excluding hydrogens is 640 g/mol. The van der Waals surface area contributed by atoms with Crippen LogP contribution in [0.5, 0.6) is 0 Å². The van der Waals surface area contributed by atoms with Crippen molar-refractivity contribution in [1.82, 2.24) is 0 Å². The molecule has 2 aliphatic rings. The normalized spacial score (nSPS) is 24.8. The quantitative estimate of drug-likeness (QED) is 0.131. The minimum absolute atomic E-state index is 0.0705. The highest BCUT2D eigenvalue weighted by atomic mass is 16.5. The molecule has 0 aliphatic heterocycles. The molecule has 0 heterocycles. The molecule has 2 aliphatic carbocycles.